The summed E-state index contributed by atoms with van der Waals surface area (Å²) >= 11 is 5.92. The molecule has 1 atom stereocenters. The number of aryl methyl sites for hydroxylation is 1. The summed E-state index contributed by atoms with van der Waals surface area (Å²) < 4.78 is 11.6. The van der Waals surface area contributed by atoms with E-state index >= 15 is 0 Å². The standard InChI is InChI=1S/C19H17ClO2/c1-13-3-5-15(6-4-13)19(21-2)18-12-11-17(22-18)14-7-9-16(20)10-8-14/h3-12,19H,1-2H3. The second kappa shape index (κ2) is 6.39. The molecule has 3 heteroatoms. The molecule has 2 nitrogen and oxygen atoms in total. The SMILES string of the molecule is COC(c1ccc(C)cc1)c1ccc(-c2ccc(Cl)cc2)o1. The van der Waals surface area contributed by atoms with Crippen LogP contribution in [0.4, 0.5) is 0 Å². The summed E-state index contributed by atoms with van der Waals surface area (Å²) in [5, 5.41) is 0.713. The Bertz CT molecular complexity index is 742. The second-order valence-corrected chi connectivity index (χ2v) is 5.67. The average molecular weight is 313 g/mol. The zero-order valence-electron chi connectivity index (χ0n) is 12.5. The molecule has 1 unspecified atom stereocenters. The van der Waals surface area contributed by atoms with Gasteiger partial charge in [0.1, 0.15) is 17.6 Å². The van der Waals surface area contributed by atoms with Gasteiger partial charge in [0.25, 0.3) is 0 Å². The summed E-state index contributed by atoms with van der Waals surface area (Å²) in [6, 6.07) is 19.8. The van der Waals surface area contributed by atoms with E-state index in [2.05, 4.69) is 31.2 Å². The van der Waals surface area contributed by atoms with Gasteiger partial charge in [-0.3, -0.25) is 0 Å². The molecule has 0 saturated heterocycles. The first kappa shape index (κ1) is 14.9. The molecule has 0 N–H and O–H groups in total. The van der Waals surface area contributed by atoms with Crippen LogP contribution in [0.5, 0.6) is 0 Å². The number of furan rings is 1. The van der Waals surface area contributed by atoms with Crippen LogP contribution in [0.2, 0.25) is 5.02 Å². The third-order valence-corrected chi connectivity index (χ3v) is 3.88. The Morgan fingerprint density at radius 3 is 2.23 bits per heavy atom. The second-order valence-electron chi connectivity index (χ2n) is 5.24. The van der Waals surface area contributed by atoms with Crippen molar-refractivity contribution in [2.75, 3.05) is 7.11 Å². The summed E-state index contributed by atoms with van der Waals surface area (Å²) in [6.45, 7) is 2.07. The Morgan fingerprint density at radius 1 is 0.909 bits per heavy atom. The van der Waals surface area contributed by atoms with Gasteiger partial charge >= 0.3 is 0 Å². The highest BCUT2D eigenvalue weighted by atomic mass is 35.5. The van der Waals surface area contributed by atoms with Gasteiger partial charge in [-0.15, -0.1) is 0 Å². The first-order valence-corrected chi connectivity index (χ1v) is 7.50. The fourth-order valence-corrected chi connectivity index (χ4v) is 2.55. The van der Waals surface area contributed by atoms with Crippen molar-refractivity contribution < 1.29 is 9.15 Å². The molecule has 22 heavy (non-hydrogen) atoms. The van der Waals surface area contributed by atoms with Gasteiger partial charge < -0.3 is 9.15 Å². The van der Waals surface area contributed by atoms with Crippen LogP contribution in [0.3, 0.4) is 0 Å². The van der Waals surface area contributed by atoms with Crippen molar-refractivity contribution in [1.29, 1.82) is 0 Å². The van der Waals surface area contributed by atoms with E-state index in [0.717, 1.165) is 22.6 Å². The summed E-state index contributed by atoms with van der Waals surface area (Å²) in [7, 11) is 1.69. The molecule has 3 rings (SSSR count). The third-order valence-electron chi connectivity index (χ3n) is 3.63. The lowest BCUT2D eigenvalue weighted by molar-refractivity contribution is 0.117. The van der Waals surface area contributed by atoms with E-state index in [1.54, 1.807) is 7.11 Å². The van der Waals surface area contributed by atoms with Gasteiger partial charge in [-0.1, -0.05) is 41.4 Å². The first-order chi connectivity index (χ1) is 10.7. The number of halogens is 1. The minimum Gasteiger partial charge on any atom is -0.458 e. The zero-order chi connectivity index (χ0) is 15.5. The first-order valence-electron chi connectivity index (χ1n) is 7.12. The highest BCUT2D eigenvalue weighted by Gasteiger charge is 2.17. The summed E-state index contributed by atoms with van der Waals surface area (Å²) in [6.07, 6.45) is -0.207. The van der Waals surface area contributed by atoms with E-state index in [4.69, 9.17) is 20.8 Å². The van der Waals surface area contributed by atoms with E-state index in [9.17, 15) is 0 Å². The third kappa shape index (κ3) is 3.08. The Kier molecular flexibility index (Phi) is 4.32. The van der Waals surface area contributed by atoms with Gasteiger partial charge in [-0.2, -0.15) is 0 Å². The van der Waals surface area contributed by atoms with Crippen molar-refractivity contribution in [3.63, 3.8) is 0 Å². The van der Waals surface area contributed by atoms with Gasteiger partial charge in [0.2, 0.25) is 0 Å². The van der Waals surface area contributed by atoms with Crippen LogP contribution in [0.25, 0.3) is 11.3 Å². The van der Waals surface area contributed by atoms with Gasteiger partial charge in [0, 0.05) is 17.7 Å². The molecule has 0 fully saturated rings. The topological polar surface area (TPSA) is 22.4 Å². The highest BCUT2D eigenvalue weighted by Crippen LogP contribution is 2.31. The number of ether oxygens (including phenoxy) is 1. The molecule has 0 aliphatic heterocycles. The average Bonchev–Trinajstić information content (AvgIpc) is 3.00. The summed E-state index contributed by atoms with van der Waals surface area (Å²) in [5.41, 5.74) is 3.29. The normalized spacial score (nSPS) is 12.3. The number of rotatable bonds is 4. The number of benzene rings is 2. The Morgan fingerprint density at radius 2 is 1.59 bits per heavy atom. The van der Waals surface area contributed by atoms with E-state index < -0.39 is 0 Å². The molecule has 0 spiro atoms. The van der Waals surface area contributed by atoms with Crippen LogP contribution in [-0.2, 0) is 4.74 Å². The fraction of sp³-hybridized carbons (Fsp3) is 0.158. The molecule has 0 saturated carbocycles. The lowest BCUT2D eigenvalue weighted by Crippen LogP contribution is -2.02. The molecule has 112 valence electrons. The summed E-state index contributed by atoms with van der Waals surface area (Å²) in [5.74, 6) is 1.59. The van der Waals surface area contributed by atoms with Crippen LogP contribution in [0.15, 0.2) is 65.1 Å². The van der Waals surface area contributed by atoms with Crippen molar-refractivity contribution >= 4 is 11.6 Å². The maximum atomic E-state index is 5.98. The molecule has 1 aromatic heterocycles. The lowest BCUT2D eigenvalue weighted by Gasteiger charge is -2.13. The Labute approximate surface area is 135 Å². The Balaban J connectivity index is 1.91. The zero-order valence-corrected chi connectivity index (χ0v) is 13.3. The predicted molar refractivity (Wildman–Crippen MR) is 89.2 cm³/mol. The van der Waals surface area contributed by atoms with Gasteiger partial charge in [-0.05, 0) is 48.9 Å². The maximum absolute atomic E-state index is 5.98. The van der Waals surface area contributed by atoms with Gasteiger partial charge in [0.15, 0.2) is 0 Å². The maximum Gasteiger partial charge on any atom is 0.140 e. The van der Waals surface area contributed by atoms with E-state index in [-0.39, 0.29) is 6.10 Å². The van der Waals surface area contributed by atoms with Gasteiger partial charge in [0.05, 0.1) is 0 Å². The molecule has 1 heterocycles. The molecule has 0 amide bonds. The van der Waals surface area contributed by atoms with Crippen LogP contribution in [0, 0.1) is 6.92 Å². The fourth-order valence-electron chi connectivity index (χ4n) is 2.42. The van der Waals surface area contributed by atoms with E-state index in [0.29, 0.717) is 5.02 Å². The van der Waals surface area contributed by atoms with Crippen molar-refractivity contribution in [1.82, 2.24) is 0 Å². The number of methoxy groups -OCH3 is 1. The molecule has 0 radical (unpaired) electrons. The van der Waals surface area contributed by atoms with Crippen molar-refractivity contribution in [3.05, 3.63) is 82.6 Å². The smallest absolute Gasteiger partial charge is 0.140 e. The van der Waals surface area contributed by atoms with Gasteiger partial charge in [-0.25, -0.2) is 0 Å². The minimum absolute atomic E-state index is 0.207. The minimum atomic E-state index is -0.207. The van der Waals surface area contributed by atoms with Crippen LogP contribution in [-0.4, -0.2) is 7.11 Å². The number of hydrogen-bond acceptors (Lipinski definition) is 2. The Hall–Kier alpha value is -2.03. The van der Waals surface area contributed by atoms with Crippen LogP contribution < -0.4 is 0 Å². The van der Waals surface area contributed by atoms with Crippen molar-refractivity contribution in [3.8, 4) is 11.3 Å². The van der Waals surface area contributed by atoms with Crippen molar-refractivity contribution in [2.45, 2.75) is 13.0 Å². The molecular formula is C19H17ClO2. The largest absolute Gasteiger partial charge is 0.458 e. The van der Waals surface area contributed by atoms with Crippen LogP contribution >= 0.6 is 11.6 Å². The molecule has 2 aromatic carbocycles. The quantitative estimate of drug-likeness (QED) is 0.621. The highest BCUT2D eigenvalue weighted by molar-refractivity contribution is 6.30. The van der Waals surface area contributed by atoms with E-state index in [1.165, 1.54) is 5.56 Å². The van der Waals surface area contributed by atoms with Crippen molar-refractivity contribution in [2.24, 2.45) is 0 Å². The molecule has 0 aliphatic rings. The van der Waals surface area contributed by atoms with E-state index in [1.807, 2.05) is 36.4 Å². The number of hydrogen-bond donors (Lipinski definition) is 0. The molecule has 3 aromatic rings. The molecule has 0 bridgehead atoms. The molecule has 0 aliphatic carbocycles. The lowest BCUT2D eigenvalue weighted by atomic mass is 10.1. The summed E-state index contributed by atoms with van der Waals surface area (Å²) in [4.78, 5) is 0. The predicted octanol–water partition coefficient (Wildman–Crippen LogP) is 5.64. The van der Waals surface area contributed by atoms with Crippen LogP contribution in [0.1, 0.15) is 23.0 Å². The monoisotopic (exact) mass is 312 g/mol. The molecular weight excluding hydrogens is 296 g/mol.